The van der Waals surface area contributed by atoms with E-state index >= 15 is 0 Å². The third-order valence-electron chi connectivity index (χ3n) is 2.43. The number of nitrogens with zero attached hydrogens (tertiary/aromatic N) is 1. The summed E-state index contributed by atoms with van der Waals surface area (Å²) in [5.41, 5.74) is 1.76. The molecule has 0 aliphatic rings. The maximum absolute atomic E-state index is 5.67. The number of benzene rings is 1. The Bertz CT molecular complexity index is 481. The number of halogens is 1. The highest BCUT2D eigenvalue weighted by molar-refractivity contribution is 9.10. The number of hydrogen-bond donors (Lipinski definition) is 1. The number of rotatable bonds is 4. The number of fused-ring (bicyclic) bond motifs is 1. The lowest BCUT2D eigenvalue weighted by molar-refractivity contribution is 0.469. The van der Waals surface area contributed by atoms with Gasteiger partial charge in [-0.3, -0.25) is 0 Å². The fraction of sp³-hybridized carbons (Fsp3) is 0.417. The van der Waals surface area contributed by atoms with Crippen molar-refractivity contribution in [2.24, 2.45) is 0 Å². The quantitative estimate of drug-likeness (QED) is 0.936. The van der Waals surface area contributed by atoms with E-state index in [0.717, 1.165) is 34.4 Å². The molecular weight excluding hydrogens is 268 g/mol. The predicted molar refractivity (Wildman–Crippen MR) is 68.6 cm³/mol. The van der Waals surface area contributed by atoms with Crippen LogP contribution < -0.4 is 5.32 Å². The zero-order valence-corrected chi connectivity index (χ0v) is 11.0. The maximum Gasteiger partial charge on any atom is 0.197 e. The summed E-state index contributed by atoms with van der Waals surface area (Å²) in [5.74, 6) is 0.793. The molecule has 1 atom stereocenters. The summed E-state index contributed by atoms with van der Waals surface area (Å²) in [6, 6.07) is 6.26. The average molecular weight is 283 g/mol. The van der Waals surface area contributed by atoms with Crippen LogP contribution in [-0.2, 0) is 6.42 Å². The lowest BCUT2D eigenvalue weighted by Crippen LogP contribution is -2.27. The average Bonchev–Trinajstić information content (AvgIpc) is 2.59. The summed E-state index contributed by atoms with van der Waals surface area (Å²) in [6.07, 6.45) is 0.820. The molecule has 1 unspecified atom stereocenters. The van der Waals surface area contributed by atoms with Crippen molar-refractivity contribution in [1.29, 1.82) is 0 Å². The van der Waals surface area contributed by atoms with Crippen LogP contribution in [0.3, 0.4) is 0 Å². The van der Waals surface area contributed by atoms with E-state index in [1.807, 2.05) is 18.2 Å². The Kier molecular flexibility index (Phi) is 3.61. The highest BCUT2D eigenvalue weighted by atomic mass is 79.9. The summed E-state index contributed by atoms with van der Waals surface area (Å²) in [5, 5.41) is 3.34. The first-order chi connectivity index (χ1) is 7.69. The predicted octanol–water partition coefficient (Wildman–Crippen LogP) is 3.13. The fourth-order valence-electron chi connectivity index (χ4n) is 1.72. The van der Waals surface area contributed by atoms with E-state index in [0.29, 0.717) is 6.04 Å². The molecule has 1 heterocycles. The SMILES string of the molecule is CCNC(C)Cc1nc2cc(Br)ccc2o1. The Morgan fingerprint density at radius 2 is 2.31 bits per heavy atom. The standard InChI is InChI=1S/C12H15BrN2O/c1-3-14-8(2)6-12-15-10-7-9(13)4-5-11(10)16-12/h4-5,7-8,14H,3,6H2,1-2H3. The lowest BCUT2D eigenvalue weighted by atomic mass is 10.2. The van der Waals surface area contributed by atoms with Gasteiger partial charge in [0.15, 0.2) is 11.5 Å². The van der Waals surface area contributed by atoms with Crippen molar-refractivity contribution in [2.75, 3.05) is 6.54 Å². The summed E-state index contributed by atoms with van der Waals surface area (Å²) < 4.78 is 6.70. The second-order valence-electron chi connectivity index (χ2n) is 3.88. The van der Waals surface area contributed by atoms with Gasteiger partial charge in [-0.25, -0.2) is 4.98 Å². The first-order valence-corrected chi connectivity index (χ1v) is 6.26. The third kappa shape index (κ3) is 2.62. The summed E-state index contributed by atoms with van der Waals surface area (Å²) in [7, 11) is 0. The number of oxazole rings is 1. The molecule has 86 valence electrons. The van der Waals surface area contributed by atoms with Gasteiger partial charge in [0, 0.05) is 16.9 Å². The summed E-state index contributed by atoms with van der Waals surface area (Å²) in [6.45, 7) is 5.20. The first-order valence-electron chi connectivity index (χ1n) is 5.47. The zero-order chi connectivity index (χ0) is 11.5. The number of hydrogen-bond acceptors (Lipinski definition) is 3. The molecular formula is C12H15BrN2O. The van der Waals surface area contributed by atoms with Crippen LogP contribution in [0.25, 0.3) is 11.1 Å². The van der Waals surface area contributed by atoms with Crippen molar-refractivity contribution in [2.45, 2.75) is 26.3 Å². The van der Waals surface area contributed by atoms with E-state index in [-0.39, 0.29) is 0 Å². The fourth-order valence-corrected chi connectivity index (χ4v) is 2.07. The number of aromatic nitrogens is 1. The van der Waals surface area contributed by atoms with Gasteiger partial charge in [-0.05, 0) is 31.7 Å². The van der Waals surface area contributed by atoms with Crippen molar-refractivity contribution in [3.63, 3.8) is 0 Å². The molecule has 0 aliphatic heterocycles. The van der Waals surface area contributed by atoms with Crippen LogP contribution in [0.5, 0.6) is 0 Å². The van der Waals surface area contributed by atoms with Crippen LogP contribution in [-0.4, -0.2) is 17.6 Å². The molecule has 3 nitrogen and oxygen atoms in total. The van der Waals surface area contributed by atoms with Crippen LogP contribution in [0.15, 0.2) is 27.1 Å². The molecule has 2 aromatic rings. The second kappa shape index (κ2) is 4.97. The van der Waals surface area contributed by atoms with Crippen molar-refractivity contribution < 1.29 is 4.42 Å². The Hall–Kier alpha value is -0.870. The highest BCUT2D eigenvalue weighted by Gasteiger charge is 2.09. The normalized spacial score (nSPS) is 13.2. The minimum Gasteiger partial charge on any atom is -0.441 e. The lowest BCUT2D eigenvalue weighted by Gasteiger charge is -2.08. The molecule has 1 aromatic carbocycles. The van der Waals surface area contributed by atoms with E-state index in [2.05, 4.69) is 40.1 Å². The van der Waals surface area contributed by atoms with Gasteiger partial charge < -0.3 is 9.73 Å². The zero-order valence-electron chi connectivity index (χ0n) is 9.46. The van der Waals surface area contributed by atoms with Gasteiger partial charge in [0.1, 0.15) is 5.52 Å². The molecule has 2 rings (SSSR count). The Balaban J connectivity index is 2.19. The number of likely N-dealkylation sites (N-methyl/N-ethyl adjacent to an activating group) is 1. The Morgan fingerprint density at radius 1 is 1.50 bits per heavy atom. The van der Waals surface area contributed by atoms with Gasteiger partial charge in [0.25, 0.3) is 0 Å². The van der Waals surface area contributed by atoms with Crippen molar-refractivity contribution in [3.8, 4) is 0 Å². The molecule has 0 fully saturated rings. The second-order valence-corrected chi connectivity index (χ2v) is 4.80. The molecule has 1 aromatic heterocycles. The minimum atomic E-state index is 0.390. The smallest absolute Gasteiger partial charge is 0.197 e. The van der Waals surface area contributed by atoms with Gasteiger partial charge in [-0.1, -0.05) is 22.9 Å². The molecule has 0 saturated carbocycles. The molecule has 0 saturated heterocycles. The monoisotopic (exact) mass is 282 g/mol. The van der Waals surface area contributed by atoms with Gasteiger partial charge in [-0.15, -0.1) is 0 Å². The Morgan fingerprint density at radius 3 is 3.06 bits per heavy atom. The van der Waals surface area contributed by atoms with Crippen LogP contribution >= 0.6 is 15.9 Å². The van der Waals surface area contributed by atoms with E-state index < -0.39 is 0 Å². The maximum atomic E-state index is 5.67. The van der Waals surface area contributed by atoms with Crippen LogP contribution in [0.2, 0.25) is 0 Å². The van der Waals surface area contributed by atoms with Crippen molar-refractivity contribution in [1.82, 2.24) is 10.3 Å². The number of nitrogens with one attached hydrogen (secondary N) is 1. The third-order valence-corrected chi connectivity index (χ3v) is 2.92. The Labute approximate surface area is 103 Å². The van der Waals surface area contributed by atoms with Crippen molar-refractivity contribution in [3.05, 3.63) is 28.6 Å². The van der Waals surface area contributed by atoms with E-state index in [1.165, 1.54) is 0 Å². The molecule has 1 N–H and O–H groups in total. The topological polar surface area (TPSA) is 38.1 Å². The summed E-state index contributed by atoms with van der Waals surface area (Å²) >= 11 is 3.42. The summed E-state index contributed by atoms with van der Waals surface area (Å²) in [4.78, 5) is 4.46. The first kappa shape index (κ1) is 11.6. The molecule has 0 radical (unpaired) electrons. The minimum absolute atomic E-state index is 0.390. The van der Waals surface area contributed by atoms with Gasteiger partial charge in [-0.2, -0.15) is 0 Å². The molecule has 0 spiro atoms. The molecule has 4 heteroatoms. The highest BCUT2D eigenvalue weighted by Crippen LogP contribution is 2.20. The van der Waals surface area contributed by atoms with Gasteiger partial charge >= 0.3 is 0 Å². The van der Waals surface area contributed by atoms with Crippen LogP contribution in [0.1, 0.15) is 19.7 Å². The largest absolute Gasteiger partial charge is 0.441 e. The van der Waals surface area contributed by atoms with Crippen LogP contribution in [0.4, 0.5) is 0 Å². The molecule has 16 heavy (non-hydrogen) atoms. The van der Waals surface area contributed by atoms with E-state index in [1.54, 1.807) is 0 Å². The molecule has 0 amide bonds. The van der Waals surface area contributed by atoms with Crippen LogP contribution in [0, 0.1) is 0 Å². The molecule has 0 bridgehead atoms. The van der Waals surface area contributed by atoms with Gasteiger partial charge in [0.05, 0.1) is 0 Å². The van der Waals surface area contributed by atoms with E-state index in [9.17, 15) is 0 Å². The van der Waals surface area contributed by atoms with Crippen molar-refractivity contribution >= 4 is 27.0 Å². The van der Waals surface area contributed by atoms with E-state index in [4.69, 9.17) is 4.42 Å². The molecule has 0 aliphatic carbocycles. The van der Waals surface area contributed by atoms with Gasteiger partial charge in [0.2, 0.25) is 0 Å².